The minimum atomic E-state index is 0.707. The Morgan fingerprint density at radius 1 is 1.62 bits per heavy atom. The first-order valence-electron chi connectivity index (χ1n) is 3.89. The number of aromatic nitrogens is 1. The van der Waals surface area contributed by atoms with Crippen LogP contribution >= 0.6 is 15.9 Å². The SMILES string of the molecule is C#CCCc1c(Br)cncc1OC. The van der Waals surface area contributed by atoms with Gasteiger partial charge in [0.2, 0.25) is 0 Å². The molecule has 0 spiro atoms. The summed E-state index contributed by atoms with van der Waals surface area (Å²) in [6.45, 7) is 0. The molecule has 0 aromatic carbocycles. The van der Waals surface area contributed by atoms with Crippen LogP contribution in [0.4, 0.5) is 0 Å². The predicted molar refractivity (Wildman–Crippen MR) is 55.6 cm³/mol. The van der Waals surface area contributed by atoms with Crippen LogP contribution in [0.2, 0.25) is 0 Å². The molecular formula is C10H10BrNO. The maximum absolute atomic E-state index is 5.20. The number of halogens is 1. The molecule has 13 heavy (non-hydrogen) atoms. The third-order valence-electron chi connectivity index (χ3n) is 1.70. The maximum atomic E-state index is 5.20. The topological polar surface area (TPSA) is 22.1 Å². The number of hydrogen-bond acceptors (Lipinski definition) is 2. The summed E-state index contributed by atoms with van der Waals surface area (Å²) in [6, 6.07) is 0. The van der Waals surface area contributed by atoms with E-state index in [1.807, 2.05) is 0 Å². The van der Waals surface area contributed by atoms with Crippen LogP contribution in [0.5, 0.6) is 5.75 Å². The van der Waals surface area contributed by atoms with Crippen molar-refractivity contribution < 1.29 is 4.74 Å². The van der Waals surface area contributed by atoms with Crippen LogP contribution in [0.25, 0.3) is 0 Å². The lowest BCUT2D eigenvalue weighted by molar-refractivity contribution is 0.407. The molecule has 0 aliphatic heterocycles. The highest BCUT2D eigenvalue weighted by Crippen LogP contribution is 2.26. The van der Waals surface area contributed by atoms with E-state index in [1.54, 1.807) is 19.5 Å². The van der Waals surface area contributed by atoms with Gasteiger partial charge in [0.25, 0.3) is 0 Å². The number of nitrogens with zero attached hydrogens (tertiary/aromatic N) is 1. The number of hydrogen-bond donors (Lipinski definition) is 0. The van der Waals surface area contributed by atoms with Crippen molar-refractivity contribution in [3.05, 3.63) is 22.4 Å². The monoisotopic (exact) mass is 239 g/mol. The van der Waals surface area contributed by atoms with E-state index in [0.29, 0.717) is 6.42 Å². The van der Waals surface area contributed by atoms with Gasteiger partial charge in [0, 0.05) is 22.7 Å². The van der Waals surface area contributed by atoms with E-state index >= 15 is 0 Å². The van der Waals surface area contributed by atoms with Crippen molar-refractivity contribution in [1.29, 1.82) is 0 Å². The number of rotatable bonds is 3. The second-order valence-electron chi connectivity index (χ2n) is 2.51. The number of terminal acetylenes is 1. The van der Waals surface area contributed by atoms with Gasteiger partial charge < -0.3 is 4.74 Å². The van der Waals surface area contributed by atoms with Gasteiger partial charge in [-0.25, -0.2) is 0 Å². The van der Waals surface area contributed by atoms with E-state index in [9.17, 15) is 0 Å². The van der Waals surface area contributed by atoms with E-state index < -0.39 is 0 Å². The third-order valence-corrected chi connectivity index (χ3v) is 2.39. The van der Waals surface area contributed by atoms with Crippen LogP contribution in [0, 0.1) is 12.3 Å². The van der Waals surface area contributed by atoms with Crippen molar-refractivity contribution in [3.63, 3.8) is 0 Å². The van der Waals surface area contributed by atoms with Crippen molar-refractivity contribution in [2.75, 3.05) is 7.11 Å². The number of ether oxygens (including phenoxy) is 1. The lowest BCUT2D eigenvalue weighted by Crippen LogP contribution is -1.94. The van der Waals surface area contributed by atoms with Crippen LogP contribution in [0.1, 0.15) is 12.0 Å². The first-order chi connectivity index (χ1) is 6.29. The van der Waals surface area contributed by atoms with Gasteiger partial charge in [-0.2, -0.15) is 0 Å². The number of pyridine rings is 1. The second-order valence-corrected chi connectivity index (χ2v) is 3.36. The normalized spacial score (nSPS) is 9.31. The minimum absolute atomic E-state index is 0.707. The average molecular weight is 240 g/mol. The Labute approximate surface area is 86.5 Å². The number of methoxy groups -OCH3 is 1. The molecule has 1 heterocycles. The van der Waals surface area contributed by atoms with Gasteiger partial charge in [-0.05, 0) is 22.4 Å². The van der Waals surface area contributed by atoms with Crippen LogP contribution in [-0.2, 0) is 6.42 Å². The van der Waals surface area contributed by atoms with Gasteiger partial charge >= 0.3 is 0 Å². The molecule has 1 aromatic heterocycles. The largest absolute Gasteiger partial charge is 0.495 e. The maximum Gasteiger partial charge on any atom is 0.141 e. The molecular weight excluding hydrogens is 230 g/mol. The highest BCUT2D eigenvalue weighted by molar-refractivity contribution is 9.10. The zero-order chi connectivity index (χ0) is 9.68. The molecule has 0 N–H and O–H groups in total. The molecule has 0 unspecified atom stereocenters. The molecule has 0 saturated carbocycles. The first-order valence-corrected chi connectivity index (χ1v) is 4.68. The Morgan fingerprint density at radius 2 is 2.38 bits per heavy atom. The smallest absolute Gasteiger partial charge is 0.141 e. The van der Waals surface area contributed by atoms with Gasteiger partial charge in [-0.15, -0.1) is 12.3 Å². The van der Waals surface area contributed by atoms with E-state index in [4.69, 9.17) is 11.2 Å². The van der Waals surface area contributed by atoms with Crippen LogP contribution in [-0.4, -0.2) is 12.1 Å². The summed E-state index contributed by atoms with van der Waals surface area (Å²) in [6.07, 6.45) is 10.1. The zero-order valence-electron chi connectivity index (χ0n) is 7.38. The molecule has 1 aromatic rings. The van der Waals surface area contributed by atoms with Gasteiger partial charge in [0.15, 0.2) is 0 Å². The Hall–Kier alpha value is -1.01. The quantitative estimate of drug-likeness (QED) is 0.757. The molecule has 0 radical (unpaired) electrons. The van der Waals surface area contributed by atoms with Gasteiger partial charge in [0.1, 0.15) is 5.75 Å². The standard InChI is InChI=1S/C10H10BrNO/c1-3-4-5-8-9(11)6-12-7-10(8)13-2/h1,6-7H,4-5H2,2H3. The molecule has 0 aliphatic carbocycles. The van der Waals surface area contributed by atoms with Crippen molar-refractivity contribution in [3.8, 4) is 18.1 Å². The van der Waals surface area contributed by atoms with Crippen molar-refractivity contribution in [2.24, 2.45) is 0 Å². The van der Waals surface area contributed by atoms with E-state index in [1.165, 1.54) is 0 Å². The minimum Gasteiger partial charge on any atom is -0.495 e. The lowest BCUT2D eigenvalue weighted by Gasteiger charge is -2.07. The van der Waals surface area contributed by atoms with E-state index in [-0.39, 0.29) is 0 Å². The van der Waals surface area contributed by atoms with E-state index in [2.05, 4.69) is 26.8 Å². The molecule has 0 atom stereocenters. The van der Waals surface area contributed by atoms with Crippen molar-refractivity contribution in [1.82, 2.24) is 4.98 Å². The summed E-state index contributed by atoms with van der Waals surface area (Å²) in [5.41, 5.74) is 1.08. The highest BCUT2D eigenvalue weighted by Gasteiger charge is 2.06. The Morgan fingerprint density at radius 3 is 3.00 bits per heavy atom. The van der Waals surface area contributed by atoms with Gasteiger partial charge in [0.05, 0.1) is 13.3 Å². The molecule has 1 rings (SSSR count). The summed E-state index contributed by atoms with van der Waals surface area (Å²) < 4.78 is 6.11. The molecule has 3 heteroatoms. The molecule has 0 saturated heterocycles. The summed E-state index contributed by atoms with van der Waals surface area (Å²) in [4.78, 5) is 4.00. The predicted octanol–water partition coefficient (Wildman–Crippen LogP) is 2.42. The third kappa shape index (κ3) is 2.46. The van der Waals surface area contributed by atoms with Crippen LogP contribution in [0.3, 0.4) is 0 Å². The second kappa shape index (κ2) is 4.88. The summed E-state index contributed by atoms with van der Waals surface area (Å²) in [5, 5.41) is 0. The van der Waals surface area contributed by atoms with Gasteiger partial charge in [-0.1, -0.05) is 0 Å². The summed E-state index contributed by atoms with van der Waals surface area (Å²) in [7, 11) is 1.63. The van der Waals surface area contributed by atoms with Crippen molar-refractivity contribution >= 4 is 15.9 Å². The summed E-state index contributed by atoms with van der Waals surface area (Å²) in [5.74, 6) is 3.38. The fourth-order valence-corrected chi connectivity index (χ4v) is 1.57. The first kappa shape index (κ1) is 10.1. The Kier molecular flexibility index (Phi) is 3.78. The fraction of sp³-hybridized carbons (Fsp3) is 0.300. The van der Waals surface area contributed by atoms with Crippen LogP contribution < -0.4 is 4.74 Å². The van der Waals surface area contributed by atoms with Crippen molar-refractivity contribution in [2.45, 2.75) is 12.8 Å². The molecule has 68 valence electrons. The van der Waals surface area contributed by atoms with Crippen LogP contribution in [0.15, 0.2) is 16.9 Å². The molecule has 0 fully saturated rings. The lowest BCUT2D eigenvalue weighted by atomic mass is 10.1. The molecule has 2 nitrogen and oxygen atoms in total. The Bertz CT molecular complexity index is 330. The average Bonchev–Trinajstić information content (AvgIpc) is 2.15. The molecule has 0 bridgehead atoms. The molecule has 0 amide bonds. The van der Waals surface area contributed by atoms with Gasteiger partial charge in [-0.3, -0.25) is 4.98 Å². The fourth-order valence-electron chi connectivity index (χ4n) is 1.06. The molecule has 0 aliphatic rings. The Balaban J connectivity index is 2.95. The van der Waals surface area contributed by atoms with E-state index in [0.717, 1.165) is 22.2 Å². The highest BCUT2D eigenvalue weighted by atomic mass is 79.9. The zero-order valence-corrected chi connectivity index (χ0v) is 8.97. The summed E-state index contributed by atoms with van der Waals surface area (Å²) >= 11 is 3.41.